The number of aryl methyl sites for hydroxylation is 1. The molecule has 1 aromatic carbocycles. The van der Waals surface area contributed by atoms with Crippen LogP contribution in [0.4, 0.5) is 0 Å². The maximum absolute atomic E-state index is 11.2. The first kappa shape index (κ1) is 13.5. The summed E-state index contributed by atoms with van der Waals surface area (Å²) in [4.78, 5) is 15.6. The Balaban J connectivity index is 2.36. The first-order valence-electron chi connectivity index (χ1n) is 6.03. The summed E-state index contributed by atoms with van der Waals surface area (Å²) in [7, 11) is 0. The van der Waals surface area contributed by atoms with E-state index in [-0.39, 0.29) is 18.8 Å². The molecule has 6 heteroatoms. The van der Waals surface area contributed by atoms with E-state index in [0.29, 0.717) is 24.2 Å². The second-order valence-corrected chi connectivity index (χ2v) is 4.13. The van der Waals surface area contributed by atoms with E-state index in [1.807, 2.05) is 11.5 Å². The van der Waals surface area contributed by atoms with Crippen LogP contribution in [0.5, 0.6) is 0 Å². The van der Waals surface area contributed by atoms with Gasteiger partial charge < -0.3 is 19.5 Å². The monoisotopic (exact) mass is 264 g/mol. The second-order valence-electron chi connectivity index (χ2n) is 4.13. The third-order valence-electron chi connectivity index (χ3n) is 2.88. The summed E-state index contributed by atoms with van der Waals surface area (Å²) in [6, 6.07) is 5.04. The molecule has 0 saturated carbocycles. The van der Waals surface area contributed by atoms with Crippen LogP contribution in [-0.4, -0.2) is 45.6 Å². The maximum Gasteiger partial charge on any atom is 0.337 e. The van der Waals surface area contributed by atoms with Gasteiger partial charge in [0.2, 0.25) is 0 Å². The summed E-state index contributed by atoms with van der Waals surface area (Å²) in [5, 5.41) is 17.9. The van der Waals surface area contributed by atoms with Gasteiger partial charge in [0.25, 0.3) is 0 Å². The molecule has 0 amide bonds. The lowest BCUT2D eigenvalue weighted by Gasteiger charge is -2.08. The fourth-order valence-electron chi connectivity index (χ4n) is 2.07. The van der Waals surface area contributed by atoms with Crippen molar-refractivity contribution in [3.63, 3.8) is 0 Å². The van der Waals surface area contributed by atoms with Crippen LogP contribution >= 0.6 is 0 Å². The van der Waals surface area contributed by atoms with E-state index in [2.05, 4.69) is 4.98 Å². The normalized spacial score (nSPS) is 11.1. The third kappa shape index (κ3) is 2.74. The lowest BCUT2D eigenvalue weighted by molar-refractivity contribution is 0.0698. The Morgan fingerprint density at radius 1 is 1.42 bits per heavy atom. The van der Waals surface area contributed by atoms with Crippen molar-refractivity contribution in [2.24, 2.45) is 0 Å². The number of carboxylic acids is 1. The standard InChI is InChI=1S/C13H16N2O4/c1-9-14-11-4-2-3-10(13(17)18)12(11)15(9)5-7-19-8-6-16/h2-4,16H,5-8H2,1H3,(H,17,18). The summed E-state index contributed by atoms with van der Waals surface area (Å²) >= 11 is 0. The molecule has 0 atom stereocenters. The van der Waals surface area contributed by atoms with E-state index in [0.717, 1.165) is 5.82 Å². The number of carboxylic acid groups (broad SMARTS) is 1. The highest BCUT2D eigenvalue weighted by Gasteiger charge is 2.15. The van der Waals surface area contributed by atoms with Gasteiger partial charge in [-0.1, -0.05) is 6.07 Å². The summed E-state index contributed by atoms with van der Waals surface area (Å²) in [5.74, 6) is -0.223. The molecule has 2 rings (SSSR count). The largest absolute Gasteiger partial charge is 0.478 e. The van der Waals surface area contributed by atoms with Crippen molar-refractivity contribution in [3.8, 4) is 0 Å². The summed E-state index contributed by atoms with van der Waals surface area (Å²) in [6.45, 7) is 2.99. The molecule has 1 aromatic heterocycles. The Morgan fingerprint density at radius 2 is 2.21 bits per heavy atom. The van der Waals surface area contributed by atoms with Gasteiger partial charge in [0.05, 0.1) is 36.4 Å². The van der Waals surface area contributed by atoms with Gasteiger partial charge >= 0.3 is 5.97 Å². The van der Waals surface area contributed by atoms with E-state index >= 15 is 0 Å². The number of hydrogen-bond acceptors (Lipinski definition) is 4. The number of ether oxygens (including phenoxy) is 1. The number of imidazole rings is 1. The van der Waals surface area contributed by atoms with Crippen LogP contribution in [0.1, 0.15) is 16.2 Å². The van der Waals surface area contributed by atoms with Crippen molar-refractivity contribution in [2.75, 3.05) is 19.8 Å². The molecular formula is C13H16N2O4. The van der Waals surface area contributed by atoms with Crippen LogP contribution in [-0.2, 0) is 11.3 Å². The van der Waals surface area contributed by atoms with Crippen LogP contribution in [0.25, 0.3) is 11.0 Å². The van der Waals surface area contributed by atoms with Crippen molar-refractivity contribution >= 4 is 17.0 Å². The van der Waals surface area contributed by atoms with Gasteiger partial charge in [-0.05, 0) is 19.1 Å². The minimum atomic E-state index is -0.969. The number of aliphatic hydroxyl groups is 1. The van der Waals surface area contributed by atoms with E-state index in [4.69, 9.17) is 9.84 Å². The molecule has 0 saturated heterocycles. The number of benzene rings is 1. The first-order valence-corrected chi connectivity index (χ1v) is 6.03. The van der Waals surface area contributed by atoms with E-state index in [1.165, 1.54) is 0 Å². The van der Waals surface area contributed by atoms with Crippen LogP contribution in [0, 0.1) is 6.92 Å². The SMILES string of the molecule is Cc1nc2cccc(C(=O)O)c2n1CCOCCO. The van der Waals surface area contributed by atoms with Crippen LogP contribution in [0.3, 0.4) is 0 Å². The molecule has 0 aliphatic heterocycles. The highest BCUT2D eigenvalue weighted by atomic mass is 16.5. The lowest BCUT2D eigenvalue weighted by atomic mass is 10.2. The smallest absolute Gasteiger partial charge is 0.337 e. The summed E-state index contributed by atoms with van der Waals surface area (Å²) in [6.07, 6.45) is 0. The quantitative estimate of drug-likeness (QED) is 0.762. The Labute approximate surface area is 110 Å². The van der Waals surface area contributed by atoms with Crippen molar-refractivity contribution < 1.29 is 19.7 Å². The highest BCUT2D eigenvalue weighted by molar-refractivity contribution is 6.01. The number of aromatic nitrogens is 2. The van der Waals surface area contributed by atoms with Crippen LogP contribution in [0.15, 0.2) is 18.2 Å². The predicted octanol–water partition coefficient (Wildman–Crippen LogP) is 1.05. The van der Waals surface area contributed by atoms with Crippen molar-refractivity contribution in [1.82, 2.24) is 9.55 Å². The zero-order chi connectivity index (χ0) is 13.8. The minimum absolute atomic E-state index is 0.0238. The van der Waals surface area contributed by atoms with Gasteiger partial charge in [0, 0.05) is 6.54 Å². The number of fused-ring (bicyclic) bond motifs is 1. The zero-order valence-corrected chi connectivity index (χ0v) is 10.7. The Morgan fingerprint density at radius 3 is 2.89 bits per heavy atom. The number of rotatable bonds is 6. The fraction of sp³-hybridized carbons (Fsp3) is 0.385. The molecule has 0 radical (unpaired) electrons. The van der Waals surface area contributed by atoms with Gasteiger partial charge in [0.15, 0.2) is 0 Å². The average molecular weight is 264 g/mol. The molecule has 0 fully saturated rings. The van der Waals surface area contributed by atoms with Gasteiger partial charge in [-0.2, -0.15) is 0 Å². The summed E-state index contributed by atoms with van der Waals surface area (Å²) < 4.78 is 7.04. The van der Waals surface area contributed by atoms with Gasteiger partial charge in [-0.25, -0.2) is 9.78 Å². The topological polar surface area (TPSA) is 84.6 Å². The van der Waals surface area contributed by atoms with Crippen LogP contribution in [0.2, 0.25) is 0 Å². The van der Waals surface area contributed by atoms with Gasteiger partial charge in [-0.3, -0.25) is 0 Å². The number of carbonyl (C=O) groups is 1. The number of hydrogen-bond donors (Lipinski definition) is 2. The molecule has 1 heterocycles. The molecule has 102 valence electrons. The number of aromatic carboxylic acids is 1. The molecule has 0 bridgehead atoms. The number of aliphatic hydroxyl groups excluding tert-OH is 1. The van der Waals surface area contributed by atoms with Gasteiger partial charge in [0.1, 0.15) is 5.82 Å². The maximum atomic E-state index is 11.2. The molecule has 0 aliphatic carbocycles. The second kappa shape index (κ2) is 5.81. The number of para-hydroxylation sites is 1. The molecule has 0 unspecified atom stereocenters. The predicted molar refractivity (Wildman–Crippen MR) is 69.3 cm³/mol. The number of nitrogens with zero attached hydrogens (tertiary/aromatic N) is 2. The third-order valence-corrected chi connectivity index (χ3v) is 2.88. The van der Waals surface area contributed by atoms with Crippen molar-refractivity contribution in [1.29, 1.82) is 0 Å². The fourth-order valence-corrected chi connectivity index (χ4v) is 2.07. The van der Waals surface area contributed by atoms with Crippen molar-refractivity contribution in [2.45, 2.75) is 13.5 Å². The zero-order valence-electron chi connectivity index (χ0n) is 10.7. The van der Waals surface area contributed by atoms with Crippen molar-refractivity contribution in [3.05, 3.63) is 29.6 Å². The van der Waals surface area contributed by atoms with Crippen LogP contribution < -0.4 is 0 Å². The minimum Gasteiger partial charge on any atom is -0.478 e. The molecule has 0 spiro atoms. The lowest BCUT2D eigenvalue weighted by Crippen LogP contribution is -2.11. The molecule has 2 aromatic rings. The van der Waals surface area contributed by atoms with Gasteiger partial charge in [-0.15, -0.1) is 0 Å². The molecular weight excluding hydrogens is 248 g/mol. The first-order chi connectivity index (χ1) is 9.15. The Bertz CT molecular complexity index is 592. The van der Waals surface area contributed by atoms with E-state index < -0.39 is 5.97 Å². The Kier molecular flexibility index (Phi) is 4.13. The average Bonchev–Trinajstić information content (AvgIpc) is 2.70. The van der Waals surface area contributed by atoms with E-state index in [9.17, 15) is 9.90 Å². The molecule has 0 aliphatic rings. The highest BCUT2D eigenvalue weighted by Crippen LogP contribution is 2.20. The Hall–Kier alpha value is -1.92. The molecule has 6 nitrogen and oxygen atoms in total. The molecule has 2 N–H and O–H groups in total. The molecule has 19 heavy (non-hydrogen) atoms. The van der Waals surface area contributed by atoms with E-state index in [1.54, 1.807) is 18.2 Å². The summed E-state index contributed by atoms with van der Waals surface area (Å²) in [5.41, 5.74) is 1.51.